The van der Waals surface area contributed by atoms with Crippen molar-refractivity contribution in [3.63, 3.8) is 0 Å². The van der Waals surface area contributed by atoms with Crippen LogP contribution in [0.15, 0.2) is 30.3 Å². The van der Waals surface area contributed by atoms with Crippen molar-refractivity contribution in [2.45, 2.75) is 26.8 Å². The number of hydrogen-bond donors (Lipinski definition) is 2. The first kappa shape index (κ1) is 11.5. The lowest BCUT2D eigenvalue weighted by molar-refractivity contribution is 0.605. The Balaban J connectivity index is 2.31. The van der Waals surface area contributed by atoms with Gasteiger partial charge in [-0.3, -0.25) is 0 Å². The Morgan fingerprint density at radius 1 is 1.29 bits per heavy atom. The Kier molecular flexibility index (Phi) is 3.32. The zero-order valence-corrected chi connectivity index (χ0v) is 10.3. The fraction of sp³-hybridized carbons (Fsp3) is 0.308. The number of anilines is 3. The van der Waals surface area contributed by atoms with E-state index in [4.69, 9.17) is 5.73 Å². The Morgan fingerprint density at radius 3 is 2.65 bits per heavy atom. The van der Waals surface area contributed by atoms with Crippen molar-refractivity contribution in [2.75, 3.05) is 11.1 Å². The molecule has 4 nitrogen and oxygen atoms in total. The van der Waals surface area contributed by atoms with E-state index in [2.05, 4.69) is 17.3 Å². The summed E-state index contributed by atoms with van der Waals surface area (Å²) in [6.45, 7) is 4.92. The van der Waals surface area contributed by atoms with Gasteiger partial charge >= 0.3 is 0 Å². The number of benzene rings is 1. The molecule has 3 N–H and O–H groups in total. The summed E-state index contributed by atoms with van der Waals surface area (Å²) in [5, 5.41) is 7.75. The monoisotopic (exact) mass is 230 g/mol. The number of aryl methyl sites for hydroxylation is 2. The van der Waals surface area contributed by atoms with Crippen LogP contribution >= 0.6 is 0 Å². The maximum atomic E-state index is 6.04. The van der Waals surface area contributed by atoms with Crippen LogP contribution in [0.5, 0.6) is 0 Å². The molecule has 0 saturated carbocycles. The average Bonchev–Trinajstić information content (AvgIpc) is 2.59. The van der Waals surface area contributed by atoms with E-state index in [1.165, 1.54) is 0 Å². The van der Waals surface area contributed by atoms with Crippen LogP contribution in [0.3, 0.4) is 0 Å². The van der Waals surface area contributed by atoms with Crippen LogP contribution in [0.2, 0.25) is 0 Å². The molecule has 0 aliphatic heterocycles. The van der Waals surface area contributed by atoms with Crippen LogP contribution < -0.4 is 11.1 Å². The van der Waals surface area contributed by atoms with Crippen LogP contribution in [0, 0.1) is 6.92 Å². The van der Waals surface area contributed by atoms with E-state index < -0.39 is 0 Å². The van der Waals surface area contributed by atoms with E-state index in [0.717, 1.165) is 35.9 Å². The van der Waals surface area contributed by atoms with Crippen molar-refractivity contribution in [3.05, 3.63) is 36.0 Å². The summed E-state index contributed by atoms with van der Waals surface area (Å²) in [6.07, 6.45) is 1.03. The molecule has 90 valence electrons. The van der Waals surface area contributed by atoms with Crippen LogP contribution in [0.25, 0.3) is 0 Å². The predicted molar refractivity (Wildman–Crippen MR) is 71.4 cm³/mol. The molecule has 17 heavy (non-hydrogen) atoms. The summed E-state index contributed by atoms with van der Waals surface area (Å²) in [5.41, 5.74) is 8.66. The highest BCUT2D eigenvalue weighted by Crippen LogP contribution is 2.26. The summed E-state index contributed by atoms with van der Waals surface area (Å²) in [4.78, 5) is 0. The third-order valence-corrected chi connectivity index (χ3v) is 2.65. The quantitative estimate of drug-likeness (QED) is 0.849. The molecule has 0 fully saturated rings. The Bertz CT molecular complexity index is 488. The van der Waals surface area contributed by atoms with Gasteiger partial charge in [-0.05, 0) is 25.5 Å². The van der Waals surface area contributed by atoms with E-state index in [1.807, 2.05) is 41.9 Å². The van der Waals surface area contributed by atoms with Gasteiger partial charge in [0.05, 0.1) is 11.4 Å². The number of hydrogen-bond acceptors (Lipinski definition) is 3. The fourth-order valence-electron chi connectivity index (χ4n) is 1.76. The number of nitrogen functional groups attached to an aromatic ring is 1. The van der Waals surface area contributed by atoms with E-state index in [9.17, 15) is 0 Å². The molecule has 0 spiro atoms. The van der Waals surface area contributed by atoms with Gasteiger partial charge in [-0.15, -0.1) is 0 Å². The van der Waals surface area contributed by atoms with Gasteiger partial charge in [0, 0.05) is 12.2 Å². The lowest BCUT2D eigenvalue weighted by Crippen LogP contribution is -2.05. The zero-order chi connectivity index (χ0) is 12.3. The van der Waals surface area contributed by atoms with Gasteiger partial charge in [-0.1, -0.05) is 25.1 Å². The van der Waals surface area contributed by atoms with Crippen LogP contribution in [0.1, 0.15) is 19.0 Å². The first-order valence-electron chi connectivity index (χ1n) is 5.87. The largest absolute Gasteiger partial charge is 0.394 e. The number of aromatic nitrogens is 2. The second kappa shape index (κ2) is 4.91. The van der Waals surface area contributed by atoms with Crippen molar-refractivity contribution in [3.8, 4) is 0 Å². The minimum atomic E-state index is 0.724. The van der Waals surface area contributed by atoms with Gasteiger partial charge in [0.25, 0.3) is 0 Å². The molecule has 4 heteroatoms. The molecule has 1 heterocycles. The van der Waals surface area contributed by atoms with Gasteiger partial charge in [0.2, 0.25) is 0 Å². The number of para-hydroxylation sites is 1. The number of nitrogens with two attached hydrogens (primary N) is 1. The molecule has 0 radical (unpaired) electrons. The highest BCUT2D eigenvalue weighted by Gasteiger charge is 2.11. The second-order valence-corrected chi connectivity index (χ2v) is 4.06. The van der Waals surface area contributed by atoms with Gasteiger partial charge in [-0.2, -0.15) is 5.10 Å². The summed E-state index contributed by atoms with van der Waals surface area (Å²) >= 11 is 0. The summed E-state index contributed by atoms with van der Waals surface area (Å²) < 4.78 is 1.93. The molecule has 2 aromatic rings. The molecule has 0 aliphatic carbocycles. The lowest BCUT2D eigenvalue weighted by Gasteiger charge is -2.09. The summed E-state index contributed by atoms with van der Waals surface area (Å²) in [5.74, 6) is 0.885. The first-order chi connectivity index (χ1) is 8.22. The molecule has 0 amide bonds. The number of rotatable bonds is 4. The topological polar surface area (TPSA) is 55.9 Å². The van der Waals surface area contributed by atoms with Crippen molar-refractivity contribution < 1.29 is 0 Å². The van der Waals surface area contributed by atoms with E-state index in [0.29, 0.717) is 0 Å². The smallest absolute Gasteiger partial charge is 0.152 e. The van der Waals surface area contributed by atoms with Crippen LogP contribution in [-0.4, -0.2) is 9.78 Å². The normalized spacial score (nSPS) is 10.5. The molecule has 1 aromatic carbocycles. The molecular formula is C13H18N4. The highest BCUT2D eigenvalue weighted by atomic mass is 15.3. The maximum absolute atomic E-state index is 6.04. The van der Waals surface area contributed by atoms with Gasteiger partial charge in [0.15, 0.2) is 5.82 Å². The molecule has 0 atom stereocenters. The molecule has 1 aromatic heterocycles. The van der Waals surface area contributed by atoms with E-state index in [1.54, 1.807) is 0 Å². The maximum Gasteiger partial charge on any atom is 0.152 e. The Morgan fingerprint density at radius 2 is 2.00 bits per heavy atom. The number of nitrogens with zero attached hydrogens (tertiary/aromatic N) is 2. The molecule has 0 aliphatic rings. The van der Waals surface area contributed by atoms with Gasteiger partial charge in [0.1, 0.15) is 0 Å². The second-order valence-electron chi connectivity index (χ2n) is 4.06. The summed E-state index contributed by atoms with van der Waals surface area (Å²) in [7, 11) is 0. The van der Waals surface area contributed by atoms with E-state index in [-0.39, 0.29) is 0 Å². The van der Waals surface area contributed by atoms with E-state index >= 15 is 0 Å². The first-order valence-corrected chi connectivity index (χ1v) is 5.87. The molecule has 0 bridgehead atoms. The Hall–Kier alpha value is -1.97. The van der Waals surface area contributed by atoms with Crippen molar-refractivity contribution in [1.82, 2.24) is 9.78 Å². The van der Waals surface area contributed by atoms with Crippen molar-refractivity contribution in [2.24, 2.45) is 0 Å². The molecule has 2 rings (SSSR count). The standard InChI is InChI=1S/C13H18N4/c1-3-9-17-13(12(14)10(2)16-17)15-11-7-5-4-6-8-11/h4-8,15H,3,9,14H2,1-2H3. The van der Waals surface area contributed by atoms with Crippen LogP contribution in [0.4, 0.5) is 17.2 Å². The van der Waals surface area contributed by atoms with Crippen molar-refractivity contribution in [1.29, 1.82) is 0 Å². The minimum absolute atomic E-state index is 0.724. The highest BCUT2D eigenvalue weighted by molar-refractivity contribution is 5.71. The third-order valence-electron chi connectivity index (χ3n) is 2.65. The number of nitrogens with one attached hydrogen (secondary N) is 1. The zero-order valence-electron chi connectivity index (χ0n) is 10.3. The third kappa shape index (κ3) is 2.41. The summed E-state index contributed by atoms with van der Waals surface area (Å²) in [6, 6.07) is 10.00. The van der Waals surface area contributed by atoms with Crippen molar-refractivity contribution >= 4 is 17.2 Å². The molecule has 0 unspecified atom stereocenters. The van der Waals surface area contributed by atoms with Gasteiger partial charge < -0.3 is 11.1 Å². The van der Waals surface area contributed by atoms with Gasteiger partial charge in [-0.25, -0.2) is 4.68 Å². The minimum Gasteiger partial charge on any atom is -0.394 e. The lowest BCUT2D eigenvalue weighted by atomic mass is 10.3. The fourth-order valence-corrected chi connectivity index (χ4v) is 1.76. The predicted octanol–water partition coefficient (Wildman–Crippen LogP) is 2.93. The Labute approximate surface area is 101 Å². The SMILES string of the molecule is CCCn1nc(C)c(N)c1Nc1ccccc1. The molecule has 0 saturated heterocycles. The molecular weight excluding hydrogens is 212 g/mol. The van der Waals surface area contributed by atoms with Crippen LogP contribution in [-0.2, 0) is 6.54 Å². The average molecular weight is 230 g/mol.